The number of para-hydroxylation sites is 2. The Bertz CT molecular complexity index is 825. The fourth-order valence-electron chi connectivity index (χ4n) is 2.87. The number of hydrogen-bond acceptors (Lipinski definition) is 5. The fourth-order valence-corrected chi connectivity index (χ4v) is 2.87. The van der Waals surface area contributed by atoms with E-state index in [9.17, 15) is 0 Å². The first-order valence-corrected chi connectivity index (χ1v) is 9.94. The zero-order valence-electron chi connectivity index (χ0n) is 17.2. The van der Waals surface area contributed by atoms with Crippen LogP contribution in [0.4, 0.5) is 5.69 Å². The maximum atomic E-state index is 5.98. The van der Waals surface area contributed by atoms with Gasteiger partial charge in [0.2, 0.25) is 0 Å². The smallest absolute Gasteiger partial charge is 0.195 e. The molecule has 1 aliphatic heterocycles. The molecule has 2 N–H and O–H groups in total. The quantitative estimate of drug-likeness (QED) is 0.546. The lowest BCUT2D eigenvalue weighted by Crippen LogP contribution is -2.32. The van der Waals surface area contributed by atoms with Crippen molar-refractivity contribution in [2.24, 2.45) is 4.99 Å². The second-order valence-electron chi connectivity index (χ2n) is 6.64. The van der Waals surface area contributed by atoms with E-state index in [0.717, 1.165) is 30.2 Å². The second-order valence-corrected chi connectivity index (χ2v) is 6.64. The average Bonchev–Trinajstić information content (AvgIpc) is 2.97. The van der Waals surface area contributed by atoms with Gasteiger partial charge in [-0.3, -0.25) is 0 Å². The molecule has 1 atom stereocenters. The van der Waals surface area contributed by atoms with Gasteiger partial charge in [0.15, 0.2) is 29.0 Å². The maximum absolute atomic E-state index is 5.98. The number of nitrogens with zero attached hydrogens (tertiary/aromatic N) is 1. The van der Waals surface area contributed by atoms with Crippen LogP contribution in [-0.4, -0.2) is 45.5 Å². The van der Waals surface area contributed by atoms with Gasteiger partial charge < -0.3 is 29.6 Å². The number of rotatable bonds is 7. The standard InChI is InChI=1S/C22H29N3O4/c1-4-23-22(24-15-16(2)29-20-9-6-5-8-18(20)26-3)25-17-10-11-19-21(14-17)28-13-7-12-27-19/h5-6,8-11,14,16H,4,7,12-13,15H2,1-3H3,(H2,23,24,25). The Morgan fingerprint density at radius 2 is 1.86 bits per heavy atom. The summed E-state index contributed by atoms with van der Waals surface area (Å²) in [5.41, 5.74) is 0.882. The third kappa shape index (κ3) is 5.94. The molecule has 0 fully saturated rings. The Labute approximate surface area is 172 Å². The largest absolute Gasteiger partial charge is 0.493 e. The van der Waals surface area contributed by atoms with Gasteiger partial charge >= 0.3 is 0 Å². The minimum atomic E-state index is -0.120. The molecule has 29 heavy (non-hydrogen) atoms. The van der Waals surface area contributed by atoms with Crippen molar-refractivity contribution in [2.45, 2.75) is 26.4 Å². The molecule has 0 aromatic heterocycles. The van der Waals surface area contributed by atoms with E-state index in [1.807, 2.05) is 56.3 Å². The van der Waals surface area contributed by atoms with E-state index in [0.29, 0.717) is 37.2 Å². The number of methoxy groups -OCH3 is 1. The Morgan fingerprint density at radius 3 is 2.62 bits per heavy atom. The van der Waals surface area contributed by atoms with Crippen LogP contribution in [0.2, 0.25) is 0 Å². The molecule has 0 radical (unpaired) electrons. The van der Waals surface area contributed by atoms with Crippen molar-refractivity contribution in [3.8, 4) is 23.0 Å². The lowest BCUT2D eigenvalue weighted by Gasteiger charge is -2.17. The number of aliphatic imine (C=N–C) groups is 1. The van der Waals surface area contributed by atoms with Crippen LogP contribution < -0.4 is 29.6 Å². The molecule has 0 aliphatic carbocycles. The number of nitrogens with one attached hydrogen (secondary N) is 2. The van der Waals surface area contributed by atoms with E-state index < -0.39 is 0 Å². The lowest BCUT2D eigenvalue weighted by molar-refractivity contribution is 0.219. The highest BCUT2D eigenvalue weighted by Crippen LogP contribution is 2.32. The molecular formula is C22H29N3O4. The van der Waals surface area contributed by atoms with Crippen LogP contribution in [0, 0.1) is 0 Å². The first-order chi connectivity index (χ1) is 14.2. The van der Waals surface area contributed by atoms with E-state index in [-0.39, 0.29) is 6.10 Å². The summed E-state index contributed by atoms with van der Waals surface area (Å²) < 4.78 is 22.8. The van der Waals surface area contributed by atoms with Gasteiger partial charge in [-0.25, -0.2) is 4.99 Å². The molecule has 1 heterocycles. The summed E-state index contributed by atoms with van der Waals surface area (Å²) in [7, 11) is 1.63. The number of guanidine groups is 1. The van der Waals surface area contributed by atoms with E-state index in [2.05, 4.69) is 15.6 Å². The fraction of sp³-hybridized carbons (Fsp3) is 0.409. The Hall–Kier alpha value is -3.09. The molecule has 1 unspecified atom stereocenters. The highest BCUT2D eigenvalue weighted by Gasteiger charge is 2.12. The minimum Gasteiger partial charge on any atom is -0.493 e. The van der Waals surface area contributed by atoms with Gasteiger partial charge in [0, 0.05) is 24.7 Å². The highest BCUT2D eigenvalue weighted by atomic mass is 16.5. The minimum absolute atomic E-state index is 0.120. The van der Waals surface area contributed by atoms with Crippen molar-refractivity contribution in [3.63, 3.8) is 0 Å². The van der Waals surface area contributed by atoms with Crippen molar-refractivity contribution < 1.29 is 18.9 Å². The predicted octanol–water partition coefficient (Wildman–Crippen LogP) is 3.70. The summed E-state index contributed by atoms with van der Waals surface area (Å²) in [6.07, 6.45) is 0.761. The van der Waals surface area contributed by atoms with Crippen LogP contribution in [0.25, 0.3) is 0 Å². The maximum Gasteiger partial charge on any atom is 0.195 e. The summed E-state index contributed by atoms with van der Waals surface area (Å²) in [5.74, 6) is 3.61. The summed E-state index contributed by atoms with van der Waals surface area (Å²) >= 11 is 0. The molecule has 156 valence electrons. The first kappa shape index (κ1) is 20.6. The third-order valence-electron chi connectivity index (χ3n) is 4.26. The molecule has 0 spiro atoms. The molecule has 7 nitrogen and oxygen atoms in total. The molecule has 2 aromatic rings. The van der Waals surface area contributed by atoms with Crippen LogP contribution in [-0.2, 0) is 0 Å². The average molecular weight is 399 g/mol. The summed E-state index contributed by atoms with van der Waals surface area (Å²) in [5, 5.41) is 6.57. The zero-order chi connectivity index (χ0) is 20.5. The number of hydrogen-bond donors (Lipinski definition) is 2. The van der Waals surface area contributed by atoms with Gasteiger partial charge in [-0.1, -0.05) is 12.1 Å². The number of fused-ring (bicyclic) bond motifs is 1. The third-order valence-corrected chi connectivity index (χ3v) is 4.26. The Kier molecular flexibility index (Phi) is 7.44. The predicted molar refractivity (Wildman–Crippen MR) is 115 cm³/mol. The molecule has 0 amide bonds. The van der Waals surface area contributed by atoms with E-state index in [1.54, 1.807) is 7.11 Å². The summed E-state index contributed by atoms with van der Waals surface area (Å²) in [6.45, 7) is 6.57. The van der Waals surface area contributed by atoms with Crippen LogP contribution in [0.5, 0.6) is 23.0 Å². The normalized spacial score (nSPS) is 14.5. The van der Waals surface area contributed by atoms with Gasteiger partial charge in [0.05, 0.1) is 26.9 Å². The molecule has 0 saturated carbocycles. The van der Waals surface area contributed by atoms with Crippen LogP contribution in [0.15, 0.2) is 47.5 Å². The molecule has 0 bridgehead atoms. The lowest BCUT2D eigenvalue weighted by atomic mass is 10.2. The van der Waals surface area contributed by atoms with Gasteiger partial charge in [-0.05, 0) is 38.1 Å². The van der Waals surface area contributed by atoms with Crippen molar-refractivity contribution in [2.75, 3.05) is 38.7 Å². The second kappa shape index (κ2) is 10.5. The molecular weight excluding hydrogens is 370 g/mol. The molecule has 3 rings (SSSR count). The molecule has 7 heteroatoms. The molecule has 1 aliphatic rings. The van der Waals surface area contributed by atoms with Gasteiger partial charge in [0.1, 0.15) is 6.10 Å². The van der Waals surface area contributed by atoms with Crippen LogP contribution >= 0.6 is 0 Å². The van der Waals surface area contributed by atoms with Crippen molar-refractivity contribution in [3.05, 3.63) is 42.5 Å². The topological polar surface area (TPSA) is 73.3 Å². The molecule has 2 aromatic carbocycles. The number of anilines is 1. The van der Waals surface area contributed by atoms with Gasteiger partial charge in [0.25, 0.3) is 0 Å². The SMILES string of the molecule is CCNC(=NCC(C)Oc1ccccc1OC)Nc1ccc2c(c1)OCCCO2. The zero-order valence-corrected chi connectivity index (χ0v) is 17.2. The van der Waals surface area contributed by atoms with Crippen molar-refractivity contribution >= 4 is 11.6 Å². The van der Waals surface area contributed by atoms with E-state index in [1.165, 1.54) is 0 Å². The Morgan fingerprint density at radius 1 is 1.10 bits per heavy atom. The van der Waals surface area contributed by atoms with Gasteiger partial charge in [-0.15, -0.1) is 0 Å². The summed E-state index contributed by atoms with van der Waals surface area (Å²) in [4.78, 5) is 4.65. The van der Waals surface area contributed by atoms with Gasteiger partial charge in [-0.2, -0.15) is 0 Å². The Balaban J connectivity index is 1.64. The van der Waals surface area contributed by atoms with E-state index >= 15 is 0 Å². The monoisotopic (exact) mass is 399 g/mol. The molecule has 0 saturated heterocycles. The first-order valence-electron chi connectivity index (χ1n) is 9.94. The summed E-state index contributed by atoms with van der Waals surface area (Å²) in [6, 6.07) is 13.4. The van der Waals surface area contributed by atoms with E-state index in [4.69, 9.17) is 18.9 Å². The highest BCUT2D eigenvalue weighted by molar-refractivity contribution is 5.93. The van der Waals surface area contributed by atoms with Crippen LogP contribution in [0.1, 0.15) is 20.3 Å². The number of ether oxygens (including phenoxy) is 4. The van der Waals surface area contributed by atoms with Crippen molar-refractivity contribution in [1.82, 2.24) is 5.32 Å². The van der Waals surface area contributed by atoms with Crippen LogP contribution in [0.3, 0.4) is 0 Å². The number of benzene rings is 2. The van der Waals surface area contributed by atoms with Crippen molar-refractivity contribution in [1.29, 1.82) is 0 Å².